The van der Waals surface area contributed by atoms with Gasteiger partial charge in [0.2, 0.25) is 5.91 Å². The Hall–Kier alpha value is -2.48. The number of carbonyl (C=O) groups excluding carboxylic acids is 2. The Morgan fingerprint density at radius 2 is 2.04 bits per heavy atom. The van der Waals surface area contributed by atoms with Gasteiger partial charge >= 0.3 is 0 Å². The van der Waals surface area contributed by atoms with Crippen LogP contribution in [0.15, 0.2) is 12.4 Å². The van der Waals surface area contributed by atoms with Crippen LogP contribution in [0.25, 0.3) is 11.2 Å². The standard InChI is InChI=1S/C19H25N5O3/c1-11(2)15(19(26)24-5-7-27-8-6-24)23-18(25)13-9-20-17-16(13)22-14(10-21-17)12-3-4-12/h9-12,15H,3-8H2,1-2H3,(H,20,21)(H,23,25). The fourth-order valence-corrected chi connectivity index (χ4v) is 3.37. The lowest BCUT2D eigenvalue weighted by Crippen LogP contribution is -2.53. The number of hydrogen-bond acceptors (Lipinski definition) is 5. The summed E-state index contributed by atoms with van der Waals surface area (Å²) >= 11 is 0. The molecule has 0 aromatic carbocycles. The average molecular weight is 371 g/mol. The number of carbonyl (C=O) groups is 2. The molecule has 8 nitrogen and oxygen atoms in total. The second-order valence-electron chi connectivity index (χ2n) is 7.60. The lowest BCUT2D eigenvalue weighted by atomic mass is 10.0. The summed E-state index contributed by atoms with van der Waals surface area (Å²) in [5.41, 5.74) is 2.52. The molecule has 1 atom stereocenters. The van der Waals surface area contributed by atoms with Crippen molar-refractivity contribution < 1.29 is 14.3 Å². The van der Waals surface area contributed by atoms with Crippen molar-refractivity contribution in [2.45, 2.75) is 38.6 Å². The van der Waals surface area contributed by atoms with Crippen LogP contribution in [0.4, 0.5) is 0 Å². The Labute approximate surface area is 157 Å². The van der Waals surface area contributed by atoms with Gasteiger partial charge in [-0.15, -0.1) is 0 Å². The molecule has 2 aromatic rings. The van der Waals surface area contributed by atoms with Gasteiger partial charge in [0.05, 0.1) is 30.7 Å². The monoisotopic (exact) mass is 371 g/mol. The van der Waals surface area contributed by atoms with E-state index in [1.165, 1.54) is 0 Å². The number of hydrogen-bond donors (Lipinski definition) is 2. The van der Waals surface area contributed by atoms with E-state index >= 15 is 0 Å². The van der Waals surface area contributed by atoms with Crippen molar-refractivity contribution >= 4 is 23.0 Å². The molecule has 8 heteroatoms. The highest BCUT2D eigenvalue weighted by Gasteiger charge is 2.31. The fraction of sp³-hybridized carbons (Fsp3) is 0.579. The van der Waals surface area contributed by atoms with Crippen molar-refractivity contribution in [1.82, 2.24) is 25.2 Å². The number of ether oxygens (including phenoxy) is 1. The number of rotatable bonds is 5. The van der Waals surface area contributed by atoms with Crippen molar-refractivity contribution in [2.75, 3.05) is 26.3 Å². The third-order valence-electron chi connectivity index (χ3n) is 5.18. The van der Waals surface area contributed by atoms with Crippen molar-refractivity contribution in [2.24, 2.45) is 5.92 Å². The molecule has 0 spiro atoms. The normalized spacial score (nSPS) is 18.7. The molecule has 0 bridgehead atoms. The second kappa shape index (κ2) is 7.26. The van der Waals surface area contributed by atoms with Crippen LogP contribution in [0.3, 0.4) is 0 Å². The summed E-state index contributed by atoms with van der Waals surface area (Å²) < 4.78 is 5.31. The highest BCUT2D eigenvalue weighted by atomic mass is 16.5. The molecule has 2 amide bonds. The molecule has 0 radical (unpaired) electrons. The van der Waals surface area contributed by atoms with Gasteiger partial charge in [0.25, 0.3) is 5.91 Å². The zero-order valence-corrected chi connectivity index (χ0v) is 15.7. The highest BCUT2D eigenvalue weighted by Crippen LogP contribution is 2.39. The zero-order valence-electron chi connectivity index (χ0n) is 15.7. The minimum atomic E-state index is -0.583. The van der Waals surface area contributed by atoms with Crippen LogP contribution in [-0.2, 0) is 9.53 Å². The number of aromatic amines is 1. The summed E-state index contributed by atoms with van der Waals surface area (Å²) in [7, 11) is 0. The number of H-pyrrole nitrogens is 1. The van der Waals surface area contributed by atoms with E-state index in [0.717, 1.165) is 18.5 Å². The molecule has 1 saturated heterocycles. The first-order valence-electron chi connectivity index (χ1n) is 9.56. The van der Waals surface area contributed by atoms with Crippen molar-refractivity contribution in [3.63, 3.8) is 0 Å². The molecule has 2 aromatic heterocycles. The molecular formula is C19H25N5O3. The van der Waals surface area contributed by atoms with Crippen LogP contribution < -0.4 is 5.32 Å². The topological polar surface area (TPSA) is 100 Å². The summed E-state index contributed by atoms with van der Waals surface area (Å²) in [6.07, 6.45) is 5.63. The molecule has 1 saturated carbocycles. The van der Waals surface area contributed by atoms with E-state index in [0.29, 0.717) is 48.9 Å². The van der Waals surface area contributed by atoms with Crippen molar-refractivity contribution in [3.8, 4) is 0 Å². The third kappa shape index (κ3) is 3.66. The van der Waals surface area contributed by atoms with Gasteiger partial charge in [0, 0.05) is 25.2 Å². The van der Waals surface area contributed by atoms with Crippen LogP contribution >= 0.6 is 0 Å². The van der Waals surface area contributed by atoms with Crippen LogP contribution in [0.5, 0.6) is 0 Å². The molecule has 1 unspecified atom stereocenters. The predicted molar refractivity (Wildman–Crippen MR) is 99.4 cm³/mol. The molecule has 27 heavy (non-hydrogen) atoms. The second-order valence-corrected chi connectivity index (χ2v) is 7.60. The molecule has 1 aliphatic heterocycles. The maximum atomic E-state index is 12.9. The van der Waals surface area contributed by atoms with Gasteiger partial charge < -0.3 is 19.9 Å². The molecule has 3 heterocycles. The van der Waals surface area contributed by atoms with Gasteiger partial charge in [0.1, 0.15) is 11.6 Å². The number of nitrogens with one attached hydrogen (secondary N) is 2. The average Bonchev–Trinajstić information content (AvgIpc) is 3.45. The first-order valence-corrected chi connectivity index (χ1v) is 9.56. The van der Waals surface area contributed by atoms with E-state index < -0.39 is 6.04 Å². The lowest BCUT2D eigenvalue weighted by molar-refractivity contribution is -0.138. The summed E-state index contributed by atoms with van der Waals surface area (Å²) in [5, 5.41) is 2.91. The molecule has 2 N–H and O–H groups in total. The first kappa shape index (κ1) is 17.9. The van der Waals surface area contributed by atoms with Crippen molar-refractivity contribution in [1.29, 1.82) is 0 Å². The maximum Gasteiger partial charge on any atom is 0.255 e. The molecule has 2 fully saturated rings. The Morgan fingerprint density at radius 3 is 2.70 bits per heavy atom. The quantitative estimate of drug-likeness (QED) is 0.829. The smallest absolute Gasteiger partial charge is 0.255 e. The minimum Gasteiger partial charge on any atom is -0.378 e. The molecular weight excluding hydrogens is 346 g/mol. The van der Waals surface area contributed by atoms with Gasteiger partial charge in [-0.05, 0) is 18.8 Å². The molecule has 4 rings (SSSR count). The summed E-state index contributed by atoms with van der Waals surface area (Å²) in [4.78, 5) is 39.6. The van der Waals surface area contributed by atoms with Crippen LogP contribution in [-0.4, -0.2) is 64.0 Å². The lowest BCUT2D eigenvalue weighted by Gasteiger charge is -2.32. The van der Waals surface area contributed by atoms with E-state index in [-0.39, 0.29) is 17.7 Å². The van der Waals surface area contributed by atoms with Crippen molar-refractivity contribution in [3.05, 3.63) is 23.7 Å². The largest absolute Gasteiger partial charge is 0.378 e. The minimum absolute atomic E-state index is 0.0254. The van der Waals surface area contributed by atoms with Crippen LogP contribution in [0, 0.1) is 5.92 Å². The van der Waals surface area contributed by atoms with E-state index in [9.17, 15) is 9.59 Å². The SMILES string of the molecule is CC(C)C(NC(=O)c1c[nH]c2ncc(C3CC3)nc12)C(=O)N1CCOCC1. The molecule has 144 valence electrons. The number of morpholine rings is 1. The van der Waals surface area contributed by atoms with Gasteiger partial charge in [0.15, 0.2) is 5.65 Å². The Bertz CT molecular complexity index is 852. The molecule has 1 aliphatic carbocycles. The first-order chi connectivity index (χ1) is 13.0. The third-order valence-corrected chi connectivity index (χ3v) is 5.18. The van der Waals surface area contributed by atoms with Gasteiger partial charge in [-0.3, -0.25) is 9.59 Å². The van der Waals surface area contributed by atoms with E-state index in [2.05, 4.69) is 20.3 Å². The predicted octanol–water partition coefficient (Wildman–Crippen LogP) is 1.45. The van der Waals surface area contributed by atoms with Crippen LogP contribution in [0.1, 0.15) is 48.7 Å². The number of amides is 2. The summed E-state index contributed by atoms with van der Waals surface area (Å²) in [6, 6.07) is -0.583. The Kier molecular flexibility index (Phi) is 4.82. The fourth-order valence-electron chi connectivity index (χ4n) is 3.37. The summed E-state index contributed by atoms with van der Waals surface area (Å²) in [6.45, 7) is 6.05. The van der Waals surface area contributed by atoms with Gasteiger partial charge in [-0.25, -0.2) is 9.97 Å². The van der Waals surface area contributed by atoms with Gasteiger partial charge in [-0.2, -0.15) is 0 Å². The number of fused-ring (bicyclic) bond motifs is 1. The highest BCUT2D eigenvalue weighted by molar-refractivity contribution is 6.06. The maximum absolute atomic E-state index is 12.9. The Balaban J connectivity index is 1.54. The van der Waals surface area contributed by atoms with E-state index in [4.69, 9.17) is 4.74 Å². The molecule has 2 aliphatic rings. The zero-order chi connectivity index (χ0) is 19.0. The summed E-state index contributed by atoms with van der Waals surface area (Å²) in [5.74, 6) is 0.0664. The van der Waals surface area contributed by atoms with E-state index in [1.54, 1.807) is 17.3 Å². The van der Waals surface area contributed by atoms with Crippen LogP contribution in [0.2, 0.25) is 0 Å². The number of aromatic nitrogens is 3. The number of nitrogens with zero attached hydrogens (tertiary/aromatic N) is 3. The van der Waals surface area contributed by atoms with E-state index in [1.807, 2.05) is 13.8 Å². The van der Waals surface area contributed by atoms with Gasteiger partial charge in [-0.1, -0.05) is 13.8 Å². The Morgan fingerprint density at radius 1 is 1.30 bits per heavy atom.